The van der Waals surface area contributed by atoms with E-state index in [1.807, 2.05) is 0 Å². The number of rotatable bonds is 7. The molecule has 1 saturated heterocycles. The molecule has 0 spiro atoms. The van der Waals surface area contributed by atoms with Gasteiger partial charge in [-0.1, -0.05) is 13.8 Å². The van der Waals surface area contributed by atoms with E-state index in [1.165, 1.54) is 0 Å². The number of urea groups is 1. The molecule has 0 radical (unpaired) electrons. The summed E-state index contributed by atoms with van der Waals surface area (Å²) in [5.41, 5.74) is -1.02. The lowest BCUT2D eigenvalue weighted by molar-refractivity contribution is -0.149. The topological polar surface area (TPSA) is 116 Å². The van der Waals surface area contributed by atoms with Gasteiger partial charge in [-0.25, -0.2) is 4.79 Å². The first-order chi connectivity index (χ1) is 9.36. The normalized spacial score (nSPS) is 15.2. The van der Waals surface area contributed by atoms with Crippen LogP contribution in [0.3, 0.4) is 0 Å². The van der Waals surface area contributed by atoms with Gasteiger partial charge in [0.05, 0.1) is 12.0 Å². The molecule has 20 heavy (non-hydrogen) atoms. The third-order valence-corrected chi connectivity index (χ3v) is 3.67. The van der Waals surface area contributed by atoms with E-state index in [-0.39, 0.29) is 13.1 Å². The van der Waals surface area contributed by atoms with Crippen molar-refractivity contribution in [3.63, 3.8) is 0 Å². The van der Waals surface area contributed by atoms with E-state index in [9.17, 15) is 24.3 Å². The summed E-state index contributed by atoms with van der Waals surface area (Å²) in [4.78, 5) is 46.4. The van der Waals surface area contributed by atoms with Crippen LogP contribution >= 0.6 is 0 Å². The van der Waals surface area contributed by atoms with Crippen molar-refractivity contribution in [3.05, 3.63) is 0 Å². The Bertz CT molecular complexity index is 415. The molecular weight excluding hydrogens is 266 g/mol. The quantitative estimate of drug-likeness (QED) is 0.548. The number of amides is 4. The Morgan fingerprint density at radius 1 is 1.35 bits per heavy atom. The Kier molecular flexibility index (Phi) is 5.06. The smallest absolute Gasteiger partial charge is 0.325 e. The molecule has 0 bridgehead atoms. The lowest BCUT2D eigenvalue weighted by Gasteiger charge is -2.27. The molecule has 1 heterocycles. The van der Waals surface area contributed by atoms with Crippen LogP contribution in [0.5, 0.6) is 0 Å². The summed E-state index contributed by atoms with van der Waals surface area (Å²) in [5, 5.41) is 14.0. The van der Waals surface area contributed by atoms with Crippen molar-refractivity contribution in [3.8, 4) is 0 Å². The van der Waals surface area contributed by atoms with Crippen LogP contribution in [-0.4, -0.2) is 53.5 Å². The van der Waals surface area contributed by atoms with Gasteiger partial charge in [0.2, 0.25) is 5.91 Å². The second kappa shape index (κ2) is 6.36. The van der Waals surface area contributed by atoms with Crippen molar-refractivity contribution in [2.75, 3.05) is 19.6 Å². The summed E-state index contributed by atoms with van der Waals surface area (Å²) in [7, 11) is 0. The van der Waals surface area contributed by atoms with Crippen molar-refractivity contribution < 1.29 is 24.3 Å². The van der Waals surface area contributed by atoms with Gasteiger partial charge in [0, 0.05) is 6.54 Å². The Morgan fingerprint density at radius 2 is 1.95 bits per heavy atom. The highest BCUT2D eigenvalue weighted by molar-refractivity contribution is 6.04. The van der Waals surface area contributed by atoms with Crippen LogP contribution in [0, 0.1) is 5.41 Å². The molecule has 8 heteroatoms. The first kappa shape index (κ1) is 15.9. The number of nitrogens with zero attached hydrogens (tertiary/aromatic N) is 1. The van der Waals surface area contributed by atoms with Crippen molar-refractivity contribution in [1.82, 2.24) is 15.5 Å². The molecule has 0 aliphatic carbocycles. The second-order valence-corrected chi connectivity index (χ2v) is 4.71. The van der Waals surface area contributed by atoms with Crippen molar-refractivity contribution in [2.45, 2.75) is 26.7 Å². The minimum atomic E-state index is -1.02. The number of carboxylic acid groups (broad SMARTS) is 1. The van der Waals surface area contributed by atoms with Crippen molar-refractivity contribution in [2.24, 2.45) is 5.41 Å². The maximum Gasteiger partial charge on any atom is 0.325 e. The monoisotopic (exact) mass is 285 g/mol. The summed E-state index contributed by atoms with van der Waals surface area (Å²) in [6, 6.07) is -0.611. The highest BCUT2D eigenvalue weighted by Gasteiger charge is 2.36. The van der Waals surface area contributed by atoms with Crippen LogP contribution in [0.15, 0.2) is 0 Å². The molecule has 0 saturated carbocycles. The standard InChI is InChI=1S/C12H19N3O5/c1-3-12(4-2,10(18)19)7-14-8(16)6-15-9(17)5-13-11(15)20/h3-7H2,1-2H3,(H,13,20)(H,14,16)(H,18,19). The number of hydrogen-bond donors (Lipinski definition) is 3. The molecule has 8 nitrogen and oxygen atoms in total. The summed E-state index contributed by atoms with van der Waals surface area (Å²) in [6.07, 6.45) is 0.754. The minimum absolute atomic E-state index is 0.0299. The molecule has 1 fully saturated rings. The zero-order valence-corrected chi connectivity index (χ0v) is 11.6. The SMILES string of the molecule is CCC(CC)(CNC(=O)CN1C(=O)CNC1=O)C(=O)O. The van der Waals surface area contributed by atoms with Gasteiger partial charge in [-0.15, -0.1) is 0 Å². The molecule has 4 amide bonds. The van der Waals surface area contributed by atoms with E-state index in [4.69, 9.17) is 0 Å². The van der Waals surface area contributed by atoms with Crippen molar-refractivity contribution in [1.29, 1.82) is 0 Å². The Balaban J connectivity index is 2.56. The fraction of sp³-hybridized carbons (Fsp3) is 0.667. The second-order valence-electron chi connectivity index (χ2n) is 4.71. The zero-order chi connectivity index (χ0) is 15.3. The summed E-state index contributed by atoms with van der Waals surface area (Å²) < 4.78 is 0. The number of carbonyl (C=O) groups excluding carboxylic acids is 3. The molecular formula is C12H19N3O5. The van der Waals surface area contributed by atoms with Crippen LogP contribution < -0.4 is 10.6 Å². The number of aliphatic carboxylic acids is 1. The summed E-state index contributed by atoms with van der Waals surface area (Å²) in [5.74, 6) is -2.00. The predicted octanol–water partition coefficient (Wildman–Crippen LogP) is -0.455. The van der Waals surface area contributed by atoms with Crippen molar-refractivity contribution >= 4 is 23.8 Å². The van der Waals surface area contributed by atoms with E-state index in [0.717, 1.165) is 4.90 Å². The maximum absolute atomic E-state index is 11.7. The average Bonchev–Trinajstić information content (AvgIpc) is 2.72. The van der Waals surface area contributed by atoms with Gasteiger partial charge < -0.3 is 15.7 Å². The van der Waals surface area contributed by atoms with E-state index in [1.54, 1.807) is 13.8 Å². The Labute approximate surface area is 116 Å². The Hall–Kier alpha value is -2.12. The van der Waals surface area contributed by atoms with Gasteiger partial charge in [-0.2, -0.15) is 0 Å². The lowest BCUT2D eigenvalue weighted by Crippen LogP contribution is -2.46. The molecule has 3 N–H and O–H groups in total. The zero-order valence-electron chi connectivity index (χ0n) is 11.6. The summed E-state index contributed by atoms with van der Waals surface area (Å²) >= 11 is 0. The van der Waals surface area contributed by atoms with Crippen LogP contribution in [0.2, 0.25) is 0 Å². The molecule has 1 aliphatic heterocycles. The largest absolute Gasteiger partial charge is 0.481 e. The Morgan fingerprint density at radius 3 is 2.35 bits per heavy atom. The first-order valence-electron chi connectivity index (χ1n) is 6.44. The fourth-order valence-corrected chi connectivity index (χ4v) is 1.96. The minimum Gasteiger partial charge on any atom is -0.481 e. The third kappa shape index (κ3) is 3.25. The molecule has 0 aromatic heterocycles. The highest BCUT2D eigenvalue weighted by Crippen LogP contribution is 2.25. The van der Waals surface area contributed by atoms with Crippen LogP contribution in [0.25, 0.3) is 0 Å². The highest BCUT2D eigenvalue weighted by atomic mass is 16.4. The molecule has 0 aromatic carbocycles. The number of carbonyl (C=O) groups is 4. The third-order valence-electron chi connectivity index (χ3n) is 3.67. The van der Waals surface area contributed by atoms with Crippen LogP contribution in [0.4, 0.5) is 4.79 Å². The number of carboxylic acids is 1. The van der Waals surface area contributed by atoms with E-state index in [2.05, 4.69) is 10.6 Å². The van der Waals surface area contributed by atoms with Gasteiger partial charge in [0.25, 0.3) is 5.91 Å². The molecule has 112 valence electrons. The van der Waals surface area contributed by atoms with Gasteiger partial charge in [-0.3, -0.25) is 19.3 Å². The molecule has 0 aromatic rings. The molecule has 1 rings (SSSR count). The van der Waals surface area contributed by atoms with Gasteiger partial charge in [0.15, 0.2) is 0 Å². The van der Waals surface area contributed by atoms with Gasteiger partial charge >= 0.3 is 12.0 Å². The van der Waals surface area contributed by atoms with E-state index >= 15 is 0 Å². The van der Waals surface area contributed by atoms with Crippen LogP contribution in [-0.2, 0) is 14.4 Å². The van der Waals surface area contributed by atoms with E-state index < -0.39 is 35.8 Å². The molecule has 0 atom stereocenters. The van der Waals surface area contributed by atoms with Gasteiger partial charge in [-0.05, 0) is 12.8 Å². The van der Waals surface area contributed by atoms with Gasteiger partial charge in [0.1, 0.15) is 6.54 Å². The fourth-order valence-electron chi connectivity index (χ4n) is 1.96. The predicted molar refractivity (Wildman–Crippen MR) is 68.8 cm³/mol. The maximum atomic E-state index is 11.7. The summed E-state index contributed by atoms with van der Waals surface area (Å²) in [6.45, 7) is 2.93. The van der Waals surface area contributed by atoms with E-state index in [0.29, 0.717) is 12.8 Å². The number of imide groups is 1. The number of hydrogen-bond acceptors (Lipinski definition) is 4. The first-order valence-corrected chi connectivity index (χ1v) is 6.44. The molecule has 1 aliphatic rings. The average molecular weight is 285 g/mol. The van der Waals surface area contributed by atoms with Crippen LogP contribution in [0.1, 0.15) is 26.7 Å². The molecule has 0 unspecified atom stereocenters. The number of nitrogens with one attached hydrogen (secondary N) is 2. The lowest BCUT2D eigenvalue weighted by atomic mass is 9.82.